The van der Waals surface area contributed by atoms with Crippen molar-refractivity contribution >= 4 is 11.8 Å². The molecule has 5 nitrogen and oxygen atoms in total. The third kappa shape index (κ3) is 7.30. The van der Waals surface area contributed by atoms with E-state index in [4.69, 9.17) is 11.1 Å². The molecule has 0 heterocycles. The zero-order valence-electron chi connectivity index (χ0n) is 14.9. The van der Waals surface area contributed by atoms with Crippen molar-refractivity contribution in [2.24, 2.45) is 10.7 Å². The highest BCUT2D eigenvalue weighted by molar-refractivity contribution is 5.93. The van der Waals surface area contributed by atoms with Gasteiger partial charge in [-0.25, -0.2) is 4.99 Å². The fourth-order valence-electron chi connectivity index (χ4n) is 2.29. The molecule has 0 saturated heterocycles. The number of amidine groups is 1. The number of hydrogen-bond acceptors (Lipinski definition) is 1. The normalized spacial score (nSPS) is 13.2. The summed E-state index contributed by atoms with van der Waals surface area (Å²) in [6.07, 6.45) is 1.68. The van der Waals surface area contributed by atoms with Crippen LogP contribution in [0.4, 0.5) is 0 Å². The van der Waals surface area contributed by atoms with Crippen LogP contribution in [0.1, 0.15) is 31.4 Å². The van der Waals surface area contributed by atoms with Crippen molar-refractivity contribution in [3.8, 4) is 0 Å². The number of aliphatic imine (C=N–C) groups is 1. The van der Waals surface area contributed by atoms with Crippen LogP contribution in [0.2, 0.25) is 0 Å². The molecular formula is C17H30IN5. The highest BCUT2D eigenvalue weighted by atomic mass is 127. The Balaban J connectivity index is 0.00000484. The lowest BCUT2D eigenvalue weighted by molar-refractivity contribution is -0.919. The monoisotopic (exact) mass is 431 g/mol. The van der Waals surface area contributed by atoms with Gasteiger partial charge in [0.2, 0.25) is 5.96 Å². The SMILES string of the molecule is CC(c1ccccc1)[N+](C)(C)CCCC(N)=NC(=N)N(C)C.[I-]. The minimum atomic E-state index is 0. The van der Waals surface area contributed by atoms with E-state index in [-0.39, 0.29) is 29.9 Å². The van der Waals surface area contributed by atoms with Gasteiger partial charge in [-0.1, -0.05) is 30.3 Å². The lowest BCUT2D eigenvalue weighted by Gasteiger charge is -2.36. The second-order valence-corrected chi connectivity index (χ2v) is 6.51. The third-order valence-electron chi connectivity index (χ3n) is 4.17. The van der Waals surface area contributed by atoms with E-state index in [0.717, 1.165) is 23.9 Å². The van der Waals surface area contributed by atoms with Crippen molar-refractivity contribution in [1.82, 2.24) is 4.90 Å². The molecule has 130 valence electrons. The predicted molar refractivity (Wildman–Crippen MR) is 94.1 cm³/mol. The van der Waals surface area contributed by atoms with E-state index in [1.54, 1.807) is 19.0 Å². The number of rotatable bonds is 6. The molecule has 0 radical (unpaired) electrons. The number of benzene rings is 1. The van der Waals surface area contributed by atoms with Gasteiger partial charge >= 0.3 is 0 Å². The van der Waals surface area contributed by atoms with Crippen molar-refractivity contribution in [3.63, 3.8) is 0 Å². The second-order valence-electron chi connectivity index (χ2n) is 6.51. The van der Waals surface area contributed by atoms with Gasteiger partial charge in [-0.3, -0.25) is 5.41 Å². The molecule has 0 saturated carbocycles. The first-order valence-corrected chi connectivity index (χ1v) is 7.70. The van der Waals surface area contributed by atoms with Gasteiger partial charge in [0.05, 0.1) is 20.6 Å². The Bertz CT molecular complexity index is 511. The Kier molecular flexibility index (Phi) is 9.38. The zero-order valence-corrected chi connectivity index (χ0v) is 17.0. The summed E-state index contributed by atoms with van der Waals surface area (Å²) >= 11 is 0. The third-order valence-corrected chi connectivity index (χ3v) is 4.17. The number of hydrogen-bond donors (Lipinski definition) is 2. The van der Waals surface area contributed by atoms with Gasteiger partial charge < -0.3 is 39.1 Å². The van der Waals surface area contributed by atoms with Crippen LogP contribution < -0.4 is 29.7 Å². The maximum absolute atomic E-state index is 7.67. The molecule has 0 bridgehead atoms. The molecule has 3 N–H and O–H groups in total. The Hall–Kier alpha value is -1.15. The average Bonchev–Trinajstić information content (AvgIpc) is 2.46. The summed E-state index contributed by atoms with van der Waals surface area (Å²) in [7, 11) is 8.07. The van der Waals surface area contributed by atoms with Crippen LogP contribution in [0.5, 0.6) is 0 Å². The van der Waals surface area contributed by atoms with Crippen LogP contribution in [0.25, 0.3) is 0 Å². The standard InChI is InChI=1S/C17H30N5.HI/c1-14(15-10-7-6-8-11-15)22(4,5)13-9-12-16(18)20-17(19)21(2)3;/h6-8,10-11,14H,9,12-13H2,1-5H3,(H3,18,19,20);1H/q+1;/p-1. The smallest absolute Gasteiger partial charge is 0.218 e. The number of guanidine groups is 1. The molecule has 0 spiro atoms. The van der Waals surface area contributed by atoms with Crippen molar-refractivity contribution in [1.29, 1.82) is 5.41 Å². The lowest BCUT2D eigenvalue weighted by Crippen LogP contribution is -3.00. The number of nitrogens with two attached hydrogens (primary N) is 1. The first-order chi connectivity index (χ1) is 10.2. The Labute approximate surface area is 157 Å². The van der Waals surface area contributed by atoms with Crippen LogP contribution in [-0.4, -0.2) is 55.9 Å². The van der Waals surface area contributed by atoms with E-state index in [0.29, 0.717) is 11.9 Å². The van der Waals surface area contributed by atoms with E-state index < -0.39 is 0 Å². The lowest BCUT2D eigenvalue weighted by atomic mass is 10.1. The molecule has 0 aliphatic heterocycles. The summed E-state index contributed by atoms with van der Waals surface area (Å²) in [5.74, 6) is 0.731. The number of nitrogens with one attached hydrogen (secondary N) is 1. The molecule has 0 aliphatic carbocycles. The molecule has 23 heavy (non-hydrogen) atoms. The molecule has 0 fully saturated rings. The zero-order chi connectivity index (χ0) is 16.8. The molecule has 1 aromatic rings. The quantitative estimate of drug-likeness (QED) is 0.275. The first kappa shape index (κ1) is 21.9. The van der Waals surface area contributed by atoms with Crippen LogP contribution in [0, 0.1) is 5.41 Å². The van der Waals surface area contributed by atoms with E-state index in [1.165, 1.54) is 5.56 Å². The van der Waals surface area contributed by atoms with E-state index in [2.05, 4.69) is 50.3 Å². The molecule has 6 heteroatoms. The molecule has 1 atom stereocenters. The van der Waals surface area contributed by atoms with Crippen LogP contribution in [0.15, 0.2) is 35.3 Å². The highest BCUT2D eigenvalue weighted by Crippen LogP contribution is 2.24. The fraction of sp³-hybridized carbons (Fsp3) is 0.529. The summed E-state index contributed by atoms with van der Waals surface area (Å²) in [6, 6.07) is 11.0. The van der Waals surface area contributed by atoms with Gasteiger partial charge in [0.25, 0.3) is 0 Å². The van der Waals surface area contributed by atoms with Crippen LogP contribution in [0.3, 0.4) is 0 Å². The van der Waals surface area contributed by atoms with Gasteiger partial charge in [0.15, 0.2) is 0 Å². The first-order valence-electron chi connectivity index (χ1n) is 7.70. The van der Waals surface area contributed by atoms with Gasteiger partial charge in [-0.05, 0) is 6.92 Å². The summed E-state index contributed by atoms with van der Waals surface area (Å²) in [4.78, 5) is 5.74. The molecule has 1 unspecified atom stereocenters. The number of nitrogens with zero attached hydrogens (tertiary/aromatic N) is 3. The van der Waals surface area contributed by atoms with Crippen molar-refractivity contribution in [2.75, 3.05) is 34.7 Å². The maximum atomic E-state index is 7.67. The summed E-state index contributed by atoms with van der Waals surface area (Å²) in [5.41, 5.74) is 7.26. The Morgan fingerprint density at radius 3 is 2.35 bits per heavy atom. The topological polar surface area (TPSA) is 65.5 Å². The summed E-state index contributed by atoms with van der Waals surface area (Å²) in [6.45, 7) is 3.27. The van der Waals surface area contributed by atoms with E-state index >= 15 is 0 Å². The molecule has 1 aromatic carbocycles. The molecule has 0 amide bonds. The average molecular weight is 431 g/mol. The molecule has 0 aromatic heterocycles. The summed E-state index contributed by atoms with van der Waals surface area (Å²) < 4.78 is 0.905. The molecule has 1 rings (SSSR count). The maximum Gasteiger partial charge on any atom is 0.218 e. The van der Waals surface area contributed by atoms with Gasteiger partial charge in [0.1, 0.15) is 11.9 Å². The Morgan fingerprint density at radius 2 is 1.83 bits per heavy atom. The van der Waals surface area contributed by atoms with Crippen molar-refractivity contribution in [2.45, 2.75) is 25.8 Å². The van der Waals surface area contributed by atoms with Crippen LogP contribution in [-0.2, 0) is 0 Å². The highest BCUT2D eigenvalue weighted by Gasteiger charge is 2.24. The van der Waals surface area contributed by atoms with E-state index in [1.807, 2.05) is 6.07 Å². The van der Waals surface area contributed by atoms with Crippen molar-refractivity contribution < 1.29 is 28.5 Å². The minimum Gasteiger partial charge on any atom is -1.00 e. The van der Waals surface area contributed by atoms with E-state index in [9.17, 15) is 0 Å². The van der Waals surface area contributed by atoms with Crippen LogP contribution >= 0.6 is 0 Å². The van der Waals surface area contributed by atoms with Crippen molar-refractivity contribution in [3.05, 3.63) is 35.9 Å². The van der Waals surface area contributed by atoms with Gasteiger partial charge in [0, 0.05) is 32.5 Å². The number of halogens is 1. The predicted octanol–water partition coefficient (Wildman–Crippen LogP) is -0.538. The van der Waals surface area contributed by atoms with Gasteiger partial charge in [-0.2, -0.15) is 0 Å². The second kappa shape index (κ2) is 9.87. The Morgan fingerprint density at radius 1 is 1.26 bits per heavy atom. The minimum absolute atomic E-state index is 0. The molecular weight excluding hydrogens is 401 g/mol. The molecule has 0 aliphatic rings. The summed E-state index contributed by atoms with van der Waals surface area (Å²) in [5, 5.41) is 7.67. The largest absolute Gasteiger partial charge is 1.00 e. The van der Waals surface area contributed by atoms with Gasteiger partial charge in [-0.15, -0.1) is 0 Å². The fourth-order valence-corrected chi connectivity index (χ4v) is 2.29. The number of quaternary nitrogens is 1.